The number of nitrogens with zero attached hydrogens (tertiary/aromatic N) is 3. The van der Waals surface area contributed by atoms with Gasteiger partial charge in [0.1, 0.15) is 5.52 Å². The van der Waals surface area contributed by atoms with E-state index in [4.69, 9.17) is 34.7 Å². The molecule has 4 aromatic rings. The van der Waals surface area contributed by atoms with E-state index in [0.29, 0.717) is 32.3 Å². The summed E-state index contributed by atoms with van der Waals surface area (Å²) in [6.45, 7) is 0. The van der Waals surface area contributed by atoms with Gasteiger partial charge in [-0.05, 0) is 41.5 Å². The Kier molecular flexibility index (Phi) is 4.70. The lowest BCUT2D eigenvalue weighted by Crippen LogP contribution is -2.04. The minimum Gasteiger partial charge on any atom is -0.381 e. The van der Waals surface area contributed by atoms with Crippen LogP contribution in [0.2, 0.25) is 10.0 Å². The van der Waals surface area contributed by atoms with Gasteiger partial charge in [-0.2, -0.15) is 0 Å². The van der Waals surface area contributed by atoms with Gasteiger partial charge in [0.25, 0.3) is 5.69 Å². The van der Waals surface area contributed by atoms with Crippen LogP contribution in [0.15, 0.2) is 54.6 Å². The zero-order chi connectivity index (χ0) is 20.7. The first-order valence-electron chi connectivity index (χ1n) is 8.41. The highest BCUT2D eigenvalue weighted by atomic mass is 35.5. The molecule has 0 bridgehead atoms. The lowest BCUT2D eigenvalue weighted by atomic mass is 9.94. The van der Waals surface area contributed by atoms with E-state index in [0.717, 1.165) is 0 Å². The number of hydrogen-bond donors (Lipinski definition) is 2. The minimum atomic E-state index is -0.443. The van der Waals surface area contributed by atoms with Crippen LogP contribution in [0, 0.1) is 10.1 Å². The van der Waals surface area contributed by atoms with Crippen LogP contribution in [-0.2, 0) is 0 Å². The Bertz CT molecular complexity index is 1260. The molecular formula is C20H13Cl2N5O2. The highest BCUT2D eigenvalue weighted by Gasteiger charge is 2.27. The molecule has 0 radical (unpaired) electrons. The molecule has 0 saturated carbocycles. The summed E-state index contributed by atoms with van der Waals surface area (Å²) in [7, 11) is 0. The fourth-order valence-corrected chi connectivity index (χ4v) is 3.39. The van der Waals surface area contributed by atoms with Gasteiger partial charge in [0.2, 0.25) is 0 Å². The summed E-state index contributed by atoms with van der Waals surface area (Å²) in [5, 5.41) is 13.2. The molecule has 0 fully saturated rings. The molecular weight excluding hydrogens is 413 g/mol. The lowest BCUT2D eigenvalue weighted by Gasteiger charge is -2.13. The van der Waals surface area contributed by atoms with Gasteiger partial charge >= 0.3 is 0 Å². The maximum Gasteiger partial charge on any atom is 0.287 e. The second kappa shape index (κ2) is 7.20. The first kappa shape index (κ1) is 18.9. The number of aromatic nitrogens is 2. The maximum atomic E-state index is 12.2. The zero-order valence-corrected chi connectivity index (χ0v) is 16.3. The molecule has 0 saturated heterocycles. The summed E-state index contributed by atoms with van der Waals surface area (Å²) in [5.41, 5.74) is 14.0. The number of halogens is 2. The van der Waals surface area contributed by atoms with Crippen molar-refractivity contribution in [2.75, 3.05) is 11.5 Å². The van der Waals surface area contributed by atoms with Crippen molar-refractivity contribution in [3.8, 4) is 22.3 Å². The quantitative estimate of drug-likeness (QED) is 0.337. The van der Waals surface area contributed by atoms with E-state index in [1.807, 2.05) is 0 Å². The van der Waals surface area contributed by atoms with E-state index < -0.39 is 4.92 Å². The molecule has 4 N–H and O–H groups in total. The number of hydrogen-bond acceptors (Lipinski definition) is 6. The fraction of sp³-hybridized carbons (Fsp3) is 0. The van der Waals surface area contributed by atoms with Gasteiger partial charge in [-0.1, -0.05) is 47.5 Å². The molecule has 0 aliphatic heterocycles. The molecule has 29 heavy (non-hydrogen) atoms. The molecule has 4 rings (SSSR count). The number of nitro benzene ring substituents is 1. The monoisotopic (exact) mass is 425 g/mol. The molecule has 0 unspecified atom stereocenters. The Balaban J connectivity index is 2.17. The van der Waals surface area contributed by atoms with Crippen molar-refractivity contribution in [2.45, 2.75) is 0 Å². The molecule has 7 nitrogen and oxygen atoms in total. The largest absolute Gasteiger partial charge is 0.381 e. The number of nitrogen functional groups attached to an aromatic ring is 2. The van der Waals surface area contributed by atoms with Crippen molar-refractivity contribution < 1.29 is 4.92 Å². The third-order valence-electron chi connectivity index (χ3n) is 4.46. The van der Waals surface area contributed by atoms with Gasteiger partial charge < -0.3 is 11.5 Å². The minimum absolute atomic E-state index is 0.00116. The van der Waals surface area contributed by atoms with E-state index >= 15 is 0 Å². The third kappa shape index (κ3) is 3.41. The van der Waals surface area contributed by atoms with E-state index in [-0.39, 0.29) is 28.4 Å². The average Bonchev–Trinajstić information content (AvgIpc) is 2.69. The topological polar surface area (TPSA) is 121 Å². The Morgan fingerprint density at radius 1 is 0.828 bits per heavy atom. The number of rotatable bonds is 3. The van der Waals surface area contributed by atoms with E-state index in [9.17, 15) is 10.1 Å². The molecule has 0 amide bonds. The van der Waals surface area contributed by atoms with Gasteiger partial charge in [-0.25, -0.2) is 9.97 Å². The molecule has 9 heteroatoms. The predicted octanol–water partition coefficient (Wildman–Crippen LogP) is 5.34. The van der Waals surface area contributed by atoms with Crippen molar-refractivity contribution in [2.24, 2.45) is 0 Å². The highest BCUT2D eigenvalue weighted by Crippen LogP contribution is 2.43. The molecule has 1 heterocycles. The number of anilines is 2. The van der Waals surface area contributed by atoms with Gasteiger partial charge in [-0.3, -0.25) is 10.1 Å². The SMILES string of the molecule is Nc1nc2cc(-c3ccc(Cl)cc3)c([N+](=O)[O-])c(-c3ccc(Cl)cc3)c2nc1N. The van der Waals surface area contributed by atoms with Crippen LogP contribution >= 0.6 is 23.2 Å². The van der Waals surface area contributed by atoms with Crippen molar-refractivity contribution in [3.05, 3.63) is 74.8 Å². The van der Waals surface area contributed by atoms with Gasteiger partial charge in [-0.15, -0.1) is 0 Å². The van der Waals surface area contributed by atoms with Crippen LogP contribution in [0.25, 0.3) is 33.3 Å². The first-order valence-corrected chi connectivity index (χ1v) is 9.16. The van der Waals surface area contributed by atoms with Crippen LogP contribution in [-0.4, -0.2) is 14.9 Å². The van der Waals surface area contributed by atoms with Gasteiger partial charge in [0, 0.05) is 10.0 Å². The van der Waals surface area contributed by atoms with Crippen LogP contribution in [0.3, 0.4) is 0 Å². The summed E-state index contributed by atoms with van der Waals surface area (Å²) in [6, 6.07) is 15.0. The molecule has 3 aromatic carbocycles. The molecule has 0 atom stereocenters. The second-order valence-electron chi connectivity index (χ2n) is 6.28. The average molecular weight is 426 g/mol. The molecule has 0 aliphatic rings. The van der Waals surface area contributed by atoms with Crippen LogP contribution < -0.4 is 11.5 Å². The van der Waals surface area contributed by atoms with E-state index in [2.05, 4.69) is 9.97 Å². The van der Waals surface area contributed by atoms with Crippen molar-refractivity contribution >= 4 is 51.6 Å². The molecule has 0 aliphatic carbocycles. The van der Waals surface area contributed by atoms with Crippen LogP contribution in [0.4, 0.5) is 17.3 Å². The van der Waals surface area contributed by atoms with Crippen LogP contribution in [0.5, 0.6) is 0 Å². The first-order chi connectivity index (χ1) is 13.8. The summed E-state index contributed by atoms with van der Waals surface area (Å²) < 4.78 is 0. The number of nitro groups is 1. The lowest BCUT2D eigenvalue weighted by molar-refractivity contribution is -0.383. The van der Waals surface area contributed by atoms with Crippen molar-refractivity contribution in [1.82, 2.24) is 9.97 Å². The third-order valence-corrected chi connectivity index (χ3v) is 4.96. The normalized spacial score (nSPS) is 11.0. The van der Waals surface area contributed by atoms with Crippen LogP contribution in [0.1, 0.15) is 0 Å². The number of benzene rings is 3. The second-order valence-corrected chi connectivity index (χ2v) is 7.15. The van der Waals surface area contributed by atoms with E-state index in [1.54, 1.807) is 54.6 Å². The molecule has 0 spiro atoms. The zero-order valence-electron chi connectivity index (χ0n) is 14.8. The Hall–Kier alpha value is -3.42. The summed E-state index contributed by atoms with van der Waals surface area (Å²) in [5.74, 6) is 0.0525. The molecule has 1 aromatic heterocycles. The van der Waals surface area contributed by atoms with E-state index in [1.165, 1.54) is 0 Å². The van der Waals surface area contributed by atoms with Crippen molar-refractivity contribution in [1.29, 1.82) is 0 Å². The summed E-state index contributed by atoms with van der Waals surface area (Å²) in [4.78, 5) is 20.3. The standard InChI is InChI=1S/C20H13Cl2N5O2/c21-12-5-1-10(2-6-12)14-9-15-17(26-20(24)19(23)25-15)16(18(14)27(28)29)11-3-7-13(22)8-4-11/h1-9H,(H2,23,25)(H2,24,26). The Morgan fingerprint density at radius 2 is 1.34 bits per heavy atom. The number of fused-ring (bicyclic) bond motifs is 1. The highest BCUT2D eigenvalue weighted by molar-refractivity contribution is 6.31. The number of nitrogens with two attached hydrogens (primary N) is 2. The summed E-state index contributed by atoms with van der Waals surface area (Å²) in [6.07, 6.45) is 0. The maximum absolute atomic E-state index is 12.2. The Labute approximate surface area is 175 Å². The van der Waals surface area contributed by atoms with Crippen molar-refractivity contribution in [3.63, 3.8) is 0 Å². The molecule has 144 valence electrons. The summed E-state index contributed by atoms with van der Waals surface area (Å²) >= 11 is 12.0. The fourth-order valence-electron chi connectivity index (χ4n) is 3.14. The Morgan fingerprint density at radius 3 is 1.90 bits per heavy atom. The van der Waals surface area contributed by atoms with Gasteiger partial charge in [0.05, 0.1) is 21.6 Å². The predicted molar refractivity (Wildman–Crippen MR) is 116 cm³/mol. The smallest absolute Gasteiger partial charge is 0.287 e. The van der Waals surface area contributed by atoms with Gasteiger partial charge in [0.15, 0.2) is 11.6 Å².